The van der Waals surface area contributed by atoms with E-state index in [1.54, 1.807) is 0 Å². The van der Waals surface area contributed by atoms with Crippen molar-refractivity contribution in [1.82, 2.24) is 24.7 Å². The van der Waals surface area contributed by atoms with Gasteiger partial charge in [0, 0.05) is 22.5 Å². The van der Waals surface area contributed by atoms with Crippen molar-refractivity contribution in [2.45, 2.75) is 19.9 Å². The SMILES string of the molecule is CC(C)n1nc(-c2ccc3[nH]c(N)cc3c2)c2c(N)ncnc21. The Bertz CT molecular complexity index is 1030. The van der Waals surface area contributed by atoms with E-state index >= 15 is 0 Å². The quantitative estimate of drug-likeness (QED) is 0.527. The molecule has 3 aromatic heterocycles. The van der Waals surface area contributed by atoms with Crippen molar-refractivity contribution in [3.8, 4) is 11.3 Å². The Hall–Kier alpha value is -3.09. The number of benzene rings is 1. The van der Waals surface area contributed by atoms with Gasteiger partial charge in [0.15, 0.2) is 5.65 Å². The van der Waals surface area contributed by atoms with Crippen molar-refractivity contribution in [3.05, 3.63) is 30.6 Å². The van der Waals surface area contributed by atoms with Crippen LogP contribution in [0.5, 0.6) is 0 Å². The molecule has 7 nitrogen and oxygen atoms in total. The molecule has 23 heavy (non-hydrogen) atoms. The monoisotopic (exact) mass is 307 g/mol. The fourth-order valence-electron chi connectivity index (χ4n) is 2.86. The third kappa shape index (κ3) is 2.01. The van der Waals surface area contributed by atoms with Crippen LogP contribution in [0.2, 0.25) is 0 Å². The van der Waals surface area contributed by atoms with Crippen LogP contribution >= 0.6 is 0 Å². The fourth-order valence-corrected chi connectivity index (χ4v) is 2.86. The van der Waals surface area contributed by atoms with Gasteiger partial charge < -0.3 is 16.5 Å². The molecule has 0 saturated heterocycles. The number of fused-ring (bicyclic) bond motifs is 2. The second-order valence-electron chi connectivity index (χ2n) is 5.87. The number of rotatable bonds is 2. The predicted molar refractivity (Wildman–Crippen MR) is 91.8 cm³/mol. The van der Waals surface area contributed by atoms with E-state index in [0.29, 0.717) is 11.6 Å². The Labute approximate surface area is 132 Å². The molecule has 116 valence electrons. The lowest BCUT2D eigenvalue weighted by Gasteiger charge is -2.05. The van der Waals surface area contributed by atoms with Gasteiger partial charge in [0.2, 0.25) is 0 Å². The molecule has 0 amide bonds. The van der Waals surface area contributed by atoms with Crippen LogP contribution in [0.3, 0.4) is 0 Å². The van der Waals surface area contributed by atoms with Gasteiger partial charge in [0.05, 0.1) is 5.39 Å². The van der Waals surface area contributed by atoms with Crippen molar-refractivity contribution in [2.24, 2.45) is 0 Å². The summed E-state index contributed by atoms with van der Waals surface area (Å²) in [7, 11) is 0. The average molecular weight is 307 g/mol. The third-order valence-corrected chi connectivity index (χ3v) is 3.92. The number of nitrogen functional groups attached to an aromatic ring is 2. The Morgan fingerprint density at radius 1 is 1.13 bits per heavy atom. The zero-order valence-corrected chi connectivity index (χ0v) is 12.9. The van der Waals surface area contributed by atoms with E-state index in [2.05, 4.69) is 28.8 Å². The summed E-state index contributed by atoms with van der Waals surface area (Å²) in [5, 5.41) is 6.54. The summed E-state index contributed by atoms with van der Waals surface area (Å²) < 4.78 is 1.87. The molecular formula is C16H17N7. The maximum atomic E-state index is 6.09. The van der Waals surface area contributed by atoms with Gasteiger partial charge in [-0.15, -0.1) is 0 Å². The molecular weight excluding hydrogens is 290 g/mol. The van der Waals surface area contributed by atoms with E-state index in [1.807, 2.05) is 28.9 Å². The zero-order valence-electron chi connectivity index (χ0n) is 12.9. The summed E-state index contributed by atoms with van der Waals surface area (Å²) in [6.45, 7) is 4.12. The number of nitrogens with two attached hydrogens (primary N) is 2. The van der Waals surface area contributed by atoms with Crippen LogP contribution in [0.15, 0.2) is 30.6 Å². The summed E-state index contributed by atoms with van der Waals surface area (Å²) in [4.78, 5) is 11.6. The summed E-state index contributed by atoms with van der Waals surface area (Å²) in [5.41, 5.74) is 15.4. The van der Waals surface area contributed by atoms with Gasteiger partial charge >= 0.3 is 0 Å². The first-order chi connectivity index (χ1) is 11.0. The van der Waals surface area contributed by atoms with Crippen LogP contribution in [0, 0.1) is 0 Å². The van der Waals surface area contributed by atoms with E-state index < -0.39 is 0 Å². The minimum atomic E-state index is 0.173. The summed E-state index contributed by atoms with van der Waals surface area (Å²) in [6.07, 6.45) is 1.47. The molecule has 0 fully saturated rings. The highest BCUT2D eigenvalue weighted by Gasteiger charge is 2.18. The number of aromatic amines is 1. The van der Waals surface area contributed by atoms with Crippen LogP contribution in [0.25, 0.3) is 33.2 Å². The lowest BCUT2D eigenvalue weighted by molar-refractivity contribution is 0.548. The number of nitrogens with zero attached hydrogens (tertiary/aromatic N) is 4. The van der Waals surface area contributed by atoms with Gasteiger partial charge in [-0.2, -0.15) is 5.10 Å². The zero-order chi connectivity index (χ0) is 16.1. The molecule has 4 rings (SSSR count). The van der Waals surface area contributed by atoms with Crippen molar-refractivity contribution in [1.29, 1.82) is 0 Å². The van der Waals surface area contributed by atoms with Gasteiger partial charge in [0.1, 0.15) is 23.7 Å². The molecule has 0 bridgehead atoms. The molecule has 0 aliphatic rings. The van der Waals surface area contributed by atoms with Gasteiger partial charge in [0.25, 0.3) is 0 Å². The molecule has 1 aromatic carbocycles. The van der Waals surface area contributed by atoms with Crippen LogP contribution in [-0.4, -0.2) is 24.7 Å². The lowest BCUT2D eigenvalue weighted by Crippen LogP contribution is -2.04. The van der Waals surface area contributed by atoms with Crippen molar-refractivity contribution < 1.29 is 0 Å². The molecule has 0 radical (unpaired) electrons. The molecule has 3 heterocycles. The van der Waals surface area contributed by atoms with Gasteiger partial charge in [-0.1, -0.05) is 6.07 Å². The summed E-state index contributed by atoms with van der Waals surface area (Å²) in [5.74, 6) is 1.07. The Kier molecular flexibility index (Phi) is 2.77. The highest BCUT2D eigenvalue weighted by Crippen LogP contribution is 2.33. The normalized spacial score (nSPS) is 11.8. The Morgan fingerprint density at radius 3 is 2.74 bits per heavy atom. The average Bonchev–Trinajstić information content (AvgIpc) is 3.06. The Morgan fingerprint density at radius 2 is 1.96 bits per heavy atom. The molecule has 0 unspecified atom stereocenters. The number of hydrogen-bond acceptors (Lipinski definition) is 5. The van der Waals surface area contributed by atoms with Crippen molar-refractivity contribution >= 4 is 33.6 Å². The highest BCUT2D eigenvalue weighted by atomic mass is 15.3. The van der Waals surface area contributed by atoms with Crippen LogP contribution < -0.4 is 11.5 Å². The van der Waals surface area contributed by atoms with Gasteiger partial charge in [-0.3, -0.25) is 0 Å². The maximum absolute atomic E-state index is 6.09. The van der Waals surface area contributed by atoms with Gasteiger partial charge in [-0.05, 0) is 32.0 Å². The van der Waals surface area contributed by atoms with Crippen LogP contribution in [0.1, 0.15) is 19.9 Å². The van der Waals surface area contributed by atoms with E-state index in [-0.39, 0.29) is 6.04 Å². The van der Waals surface area contributed by atoms with Crippen molar-refractivity contribution in [3.63, 3.8) is 0 Å². The molecule has 4 aromatic rings. The van der Waals surface area contributed by atoms with E-state index in [1.165, 1.54) is 6.33 Å². The van der Waals surface area contributed by atoms with Crippen molar-refractivity contribution in [2.75, 3.05) is 11.5 Å². The highest BCUT2D eigenvalue weighted by molar-refractivity contribution is 6.00. The molecule has 0 spiro atoms. The Balaban J connectivity index is 2.03. The second-order valence-corrected chi connectivity index (χ2v) is 5.87. The molecule has 0 saturated carbocycles. The van der Waals surface area contributed by atoms with Crippen LogP contribution in [-0.2, 0) is 0 Å². The minimum absolute atomic E-state index is 0.173. The van der Waals surface area contributed by atoms with E-state index in [0.717, 1.165) is 33.2 Å². The maximum Gasteiger partial charge on any atom is 0.164 e. The second kappa shape index (κ2) is 4.70. The number of hydrogen-bond donors (Lipinski definition) is 3. The molecule has 0 atom stereocenters. The number of nitrogens with one attached hydrogen (secondary N) is 1. The molecule has 0 aliphatic heterocycles. The molecule has 7 heteroatoms. The largest absolute Gasteiger partial charge is 0.385 e. The first-order valence-corrected chi connectivity index (χ1v) is 7.42. The smallest absolute Gasteiger partial charge is 0.164 e. The lowest BCUT2D eigenvalue weighted by atomic mass is 10.1. The summed E-state index contributed by atoms with van der Waals surface area (Å²) in [6, 6.07) is 8.10. The summed E-state index contributed by atoms with van der Waals surface area (Å²) >= 11 is 0. The standard InChI is InChI=1S/C16H17N7/c1-8(2)23-16-13(15(18)19-7-20-16)14(22-23)9-3-4-11-10(5-9)6-12(17)21-11/h3-8,21H,17H2,1-2H3,(H2,18,19,20). The fraction of sp³-hybridized carbons (Fsp3) is 0.188. The number of anilines is 2. The van der Waals surface area contributed by atoms with Gasteiger partial charge in [-0.25, -0.2) is 14.6 Å². The minimum Gasteiger partial charge on any atom is -0.385 e. The molecule has 5 N–H and O–H groups in total. The number of H-pyrrole nitrogens is 1. The van der Waals surface area contributed by atoms with E-state index in [9.17, 15) is 0 Å². The topological polar surface area (TPSA) is 111 Å². The number of aromatic nitrogens is 5. The third-order valence-electron chi connectivity index (χ3n) is 3.92. The molecule has 0 aliphatic carbocycles. The van der Waals surface area contributed by atoms with E-state index in [4.69, 9.17) is 16.6 Å². The predicted octanol–water partition coefficient (Wildman–Crippen LogP) is 2.72. The first-order valence-electron chi connectivity index (χ1n) is 7.42. The first kappa shape index (κ1) is 13.6. The van der Waals surface area contributed by atoms with Crippen LogP contribution in [0.4, 0.5) is 11.6 Å².